The van der Waals surface area contributed by atoms with Gasteiger partial charge in [-0.15, -0.1) is 0 Å². The van der Waals surface area contributed by atoms with Crippen LogP contribution in [0.1, 0.15) is 17.2 Å². The summed E-state index contributed by atoms with van der Waals surface area (Å²) in [5, 5.41) is 9.01. The Bertz CT molecular complexity index is 519. The summed E-state index contributed by atoms with van der Waals surface area (Å²) in [6.45, 7) is -0.0897. The van der Waals surface area contributed by atoms with E-state index < -0.39 is 18.1 Å². The van der Waals surface area contributed by atoms with Crippen molar-refractivity contribution in [3.8, 4) is 6.07 Å². The van der Waals surface area contributed by atoms with Crippen molar-refractivity contribution >= 4 is 5.91 Å². The van der Waals surface area contributed by atoms with Gasteiger partial charge < -0.3 is 4.90 Å². The molecule has 0 unspecified atom stereocenters. The van der Waals surface area contributed by atoms with E-state index in [0.717, 1.165) is 5.56 Å². The van der Waals surface area contributed by atoms with E-state index in [4.69, 9.17) is 5.26 Å². The van der Waals surface area contributed by atoms with Gasteiger partial charge >= 0.3 is 12.1 Å². The number of amides is 1. The Labute approximate surface area is 101 Å². The standard InChI is InChI=1S/C12H9F3N2O/c13-12(14,15)11(18)17-6-5-8-3-1-2-4-9(8)10(17)7-16/h1-4,10H,5-6H2/t10-/m0/s1. The Morgan fingerprint density at radius 3 is 2.67 bits per heavy atom. The third-order valence-electron chi connectivity index (χ3n) is 2.91. The third-order valence-corrected chi connectivity index (χ3v) is 2.91. The molecule has 1 amide bonds. The molecular weight excluding hydrogens is 245 g/mol. The zero-order valence-corrected chi connectivity index (χ0v) is 9.24. The number of halogens is 3. The maximum Gasteiger partial charge on any atom is 0.471 e. The summed E-state index contributed by atoms with van der Waals surface area (Å²) >= 11 is 0. The van der Waals surface area contributed by atoms with Crippen LogP contribution in [0.5, 0.6) is 0 Å². The van der Waals surface area contributed by atoms with Gasteiger partial charge in [-0.3, -0.25) is 4.79 Å². The summed E-state index contributed by atoms with van der Waals surface area (Å²) < 4.78 is 37.3. The largest absolute Gasteiger partial charge is 0.471 e. The van der Waals surface area contributed by atoms with Crippen molar-refractivity contribution in [1.29, 1.82) is 5.26 Å². The van der Waals surface area contributed by atoms with Gasteiger partial charge in [0.25, 0.3) is 0 Å². The summed E-state index contributed by atoms with van der Waals surface area (Å²) in [5.74, 6) is -1.96. The van der Waals surface area contributed by atoms with Crippen LogP contribution in [0.25, 0.3) is 0 Å². The molecule has 1 aliphatic heterocycles. The van der Waals surface area contributed by atoms with Crippen LogP contribution in [-0.2, 0) is 11.2 Å². The number of benzene rings is 1. The lowest BCUT2D eigenvalue weighted by molar-refractivity contribution is -0.187. The second kappa shape index (κ2) is 4.33. The average Bonchev–Trinajstić information content (AvgIpc) is 2.35. The Balaban J connectivity index is 2.38. The molecule has 1 atom stereocenters. The topological polar surface area (TPSA) is 44.1 Å². The fraction of sp³-hybridized carbons (Fsp3) is 0.333. The molecule has 3 nitrogen and oxygen atoms in total. The average molecular weight is 254 g/mol. The van der Waals surface area contributed by atoms with Gasteiger partial charge in [0, 0.05) is 6.54 Å². The lowest BCUT2D eigenvalue weighted by Gasteiger charge is -2.33. The summed E-state index contributed by atoms with van der Waals surface area (Å²) in [5.41, 5.74) is 1.29. The number of rotatable bonds is 0. The first-order valence-electron chi connectivity index (χ1n) is 5.30. The van der Waals surface area contributed by atoms with Gasteiger partial charge in [0.2, 0.25) is 0 Å². The second-order valence-electron chi connectivity index (χ2n) is 3.98. The molecule has 0 fully saturated rings. The molecule has 0 saturated carbocycles. The summed E-state index contributed by atoms with van der Waals surface area (Å²) in [7, 11) is 0. The van der Waals surface area contributed by atoms with Crippen LogP contribution in [0.15, 0.2) is 24.3 Å². The number of nitriles is 1. The number of alkyl halides is 3. The fourth-order valence-corrected chi connectivity index (χ4v) is 2.09. The molecule has 2 rings (SSSR count). The van der Waals surface area contributed by atoms with Crippen LogP contribution in [0.4, 0.5) is 13.2 Å². The van der Waals surface area contributed by atoms with E-state index in [0.29, 0.717) is 16.9 Å². The van der Waals surface area contributed by atoms with Crippen molar-refractivity contribution in [2.75, 3.05) is 6.54 Å². The van der Waals surface area contributed by atoms with E-state index in [2.05, 4.69) is 0 Å². The number of carbonyl (C=O) groups is 1. The van der Waals surface area contributed by atoms with Gasteiger partial charge in [0.15, 0.2) is 0 Å². The smallest absolute Gasteiger partial charge is 0.314 e. The van der Waals surface area contributed by atoms with Crippen molar-refractivity contribution in [2.45, 2.75) is 18.6 Å². The molecule has 94 valence electrons. The number of carbonyl (C=O) groups excluding carboxylic acids is 1. The number of fused-ring (bicyclic) bond motifs is 1. The van der Waals surface area contributed by atoms with E-state index in [1.54, 1.807) is 30.3 Å². The van der Waals surface area contributed by atoms with Crippen LogP contribution in [0.3, 0.4) is 0 Å². The molecule has 18 heavy (non-hydrogen) atoms. The molecule has 1 aromatic carbocycles. The van der Waals surface area contributed by atoms with Crippen LogP contribution >= 0.6 is 0 Å². The van der Waals surface area contributed by atoms with E-state index in [-0.39, 0.29) is 6.54 Å². The predicted octanol–water partition coefficient (Wildman–Crippen LogP) is 2.20. The first kappa shape index (κ1) is 12.4. The van der Waals surface area contributed by atoms with Gasteiger partial charge in [-0.2, -0.15) is 18.4 Å². The highest BCUT2D eigenvalue weighted by molar-refractivity contribution is 5.83. The molecule has 0 aromatic heterocycles. The minimum absolute atomic E-state index is 0.0897. The molecule has 0 saturated heterocycles. The Morgan fingerprint density at radius 2 is 2.06 bits per heavy atom. The maximum absolute atomic E-state index is 12.4. The van der Waals surface area contributed by atoms with Crippen molar-refractivity contribution in [1.82, 2.24) is 4.90 Å². The lowest BCUT2D eigenvalue weighted by atomic mass is 9.93. The van der Waals surface area contributed by atoms with Crippen molar-refractivity contribution in [2.24, 2.45) is 0 Å². The molecule has 0 N–H and O–H groups in total. The highest BCUT2D eigenvalue weighted by Crippen LogP contribution is 2.32. The fourth-order valence-electron chi connectivity index (χ4n) is 2.09. The Morgan fingerprint density at radius 1 is 1.39 bits per heavy atom. The maximum atomic E-state index is 12.4. The molecular formula is C12H9F3N2O. The number of nitrogens with zero attached hydrogens (tertiary/aromatic N) is 2. The molecule has 1 aromatic rings. The third kappa shape index (κ3) is 2.04. The van der Waals surface area contributed by atoms with E-state index in [9.17, 15) is 18.0 Å². The number of hydrogen-bond donors (Lipinski definition) is 0. The van der Waals surface area contributed by atoms with Crippen molar-refractivity contribution in [3.05, 3.63) is 35.4 Å². The zero-order chi connectivity index (χ0) is 13.3. The van der Waals surface area contributed by atoms with Gasteiger partial charge in [0.05, 0.1) is 6.07 Å². The van der Waals surface area contributed by atoms with Gasteiger partial charge in [0.1, 0.15) is 6.04 Å². The normalized spacial score (nSPS) is 19.0. The summed E-state index contributed by atoms with van der Waals surface area (Å²) in [4.78, 5) is 11.8. The van der Waals surface area contributed by atoms with Crippen LogP contribution in [-0.4, -0.2) is 23.5 Å². The minimum atomic E-state index is -4.94. The molecule has 1 heterocycles. The predicted molar refractivity (Wildman–Crippen MR) is 56.3 cm³/mol. The van der Waals surface area contributed by atoms with E-state index >= 15 is 0 Å². The molecule has 0 aliphatic carbocycles. The van der Waals surface area contributed by atoms with Crippen LogP contribution < -0.4 is 0 Å². The molecule has 1 aliphatic rings. The first-order chi connectivity index (χ1) is 8.45. The molecule has 6 heteroatoms. The second-order valence-corrected chi connectivity index (χ2v) is 3.98. The zero-order valence-electron chi connectivity index (χ0n) is 9.24. The van der Waals surface area contributed by atoms with Crippen LogP contribution in [0.2, 0.25) is 0 Å². The number of hydrogen-bond acceptors (Lipinski definition) is 2. The lowest BCUT2D eigenvalue weighted by Crippen LogP contribution is -2.46. The first-order valence-corrected chi connectivity index (χ1v) is 5.30. The van der Waals surface area contributed by atoms with E-state index in [1.165, 1.54) is 0 Å². The summed E-state index contributed by atoms with van der Waals surface area (Å²) in [6.07, 6.45) is -4.61. The van der Waals surface area contributed by atoms with Crippen LogP contribution in [0, 0.1) is 11.3 Å². The van der Waals surface area contributed by atoms with Gasteiger partial charge in [-0.25, -0.2) is 0 Å². The Kier molecular flexibility index (Phi) is 2.99. The van der Waals surface area contributed by atoms with Gasteiger partial charge in [-0.1, -0.05) is 24.3 Å². The molecule has 0 radical (unpaired) electrons. The SMILES string of the molecule is N#C[C@H]1c2ccccc2CCN1C(=O)C(F)(F)F. The summed E-state index contributed by atoms with van der Waals surface area (Å²) in [6, 6.07) is 7.35. The monoisotopic (exact) mass is 254 g/mol. The minimum Gasteiger partial charge on any atom is -0.314 e. The van der Waals surface area contributed by atoms with Crippen molar-refractivity contribution < 1.29 is 18.0 Å². The van der Waals surface area contributed by atoms with E-state index in [1.807, 2.05) is 0 Å². The van der Waals surface area contributed by atoms with Gasteiger partial charge in [-0.05, 0) is 17.5 Å². The highest BCUT2D eigenvalue weighted by Gasteiger charge is 2.46. The highest BCUT2D eigenvalue weighted by atomic mass is 19.4. The van der Waals surface area contributed by atoms with Crippen molar-refractivity contribution in [3.63, 3.8) is 0 Å². The quantitative estimate of drug-likeness (QED) is 0.712. The Hall–Kier alpha value is -2.03. The molecule has 0 spiro atoms. The molecule has 0 bridgehead atoms.